The van der Waals surface area contributed by atoms with Crippen LogP contribution in [0, 0.1) is 11.8 Å². The van der Waals surface area contributed by atoms with Crippen LogP contribution < -0.4 is 11.1 Å². The summed E-state index contributed by atoms with van der Waals surface area (Å²) in [6.07, 6.45) is 8.63. The minimum absolute atomic E-state index is 0.311. The molecule has 1 aromatic rings. The summed E-state index contributed by atoms with van der Waals surface area (Å²) in [7, 11) is 0. The van der Waals surface area contributed by atoms with Gasteiger partial charge >= 0.3 is 0 Å². The van der Waals surface area contributed by atoms with Crippen molar-refractivity contribution in [3.8, 4) is 0 Å². The molecule has 2 fully saturated rings. The maximum absolute atomic E-state index is 5.66. The second-order valence-corrected chi connectivity index (χ2v) is 5.40. The van der Waals surface area contributed by atoms with Crippen LogP contribution in [0.15, 0.2) is 12.4 Å². The van der Waals surface area contributed by atoms with Crippen molar-refractivity contribution < 1.29 is 0 Å². The molecule has 0 amide bonds. The Kier molecular flexibility index (Phi) is 2.70. The van der Waals surface area contributed by atoms with E-state index in [2.05, 4.69) is 15.3 Å². The van der Waals surface area contributed by atoms with Crippen LogP contribution >= 0.6 is 12.2 Å². The fraction of sp³-hybridized carbons (Fsp3) is 0.583. The molecule has 0 atom stereocenters. The largest absolute Gasteiger partial charge is 0.388 e. The predicted octanol–water partition coefficient (Wildman–Crippen LogP) is 1.71. The van der Waals surface area contributed by atoms with Gasteiger partial charge in [-0.1, -0.05) is 12.2 Å². The summed E-state index contributed by atoms with van der Waals surface area (Å²) >= 11 is 5.00. The number of nitrogens with one attached hydrogen (secondary N) is 1. The fourth-order valence-electron chi connectivity index (χ4n) is 2.31. The molecular formula is C12H16N4S. The van der Waals surface area contributed by atoms with Crippen molar-refractivity contribution in [3.05, 3.63) is 18.1 Å². The summed E-state index contributed by atoms with van der Waals surface area (Å²) in [5.41, 5.74) is 6.28. The molecule has 2 aliphatic rings. The smallest absolute Gasteiger partial charge is 0.155 e. The Hall–Kier alpha value is -1.23. The molecular weight excluding hydrogens is 232 g/mol. The lowest BCUT2D eigenvalue weighted by Crippen LogP contribution is -2.27. The number of aromatic nitrogens is 2. The SMILES string of the molecule is NC(=S)c1nccnc1NC(C1CC1)C1CC1. The molecule has 0 unspecified atom stereocenters. The second-order valence-electron chi connectivity index (χ2n) is 4.96. The average Bonchev–Trinajstić information content (AvgIpc) is 3.16. The van der Waals surface area contributed by atoms with E-state index in [1.165, 1.54) is 25.7 Å². The first-order valence-electron chi connectivity index (χ1n) is 6.13. The zero-order valence-electron chi connectivity index (χ0n) is 9.60. The summed E-state index contributed by atoms with van der Waals surface area (Å²) in [6.45, 7) is 0. The third-order valence-corrected chi connectivity index (χ3v) is 3.69. The van der Waals surface area contributed by atoms with Crippen LogP contribution in [0.2, 0.25) is 0 Å². The van der Waals surface area contributed by atoms with Gasteiger partial charge in [0.25, 0.3) is 0 Å². The van der Waals surface area contributed by atoms with E-state index in [4.69, 9.17) is 18.0 Å². The maximum atomic E-state index is 5.66. The average molecular weight is 248 g/mol. The van der Waals surface area contributed by atoms with Crippen molar-refractivity contribution in [2.45, 2.75) is 31.7 Å². The quantitative estimate of drug-likeness (QED) is 0.777. The maximum Gasteiger partial charge on any atom is 0.155 e. The topological polar surface area (TPSA) is 63.8 Å². The molecule has 0 aliphatic heterocycles. The van der Waals surface area contributed by atoms with E-state index >= 15 is 0 Å². The van der Waals surface area contributed by atoms with E-state index in [1.807, 2.05) is 0 Å². The van der Waals surface area contributed by atoms with Gasteiger partial charge < -0.3 is 11.1 Å². The molecule has 0 aromatic carbocycles. The summed E-state index contributed by atoms with van der Waals surface area (Å²) in [5.74, 6) is 2.37. The van der Waals surface area contributed by atoms with Gasteiger partial charge in [-0.15, -0.1) is 0 Å². The number of rotatable bonds is 5. The first-order valence-corrected chi connectivity index (χ1v) is 6.54. The van der Waals surface area contributed by atoms with Crippen LogP contribution in [0.4, 0.5) is 5.82 Å². The Bertz CT molecular complexity index is 428. The van der Waals surface area contributed by atoms with Crippen molar-refractivity contribution >= 4 is 23.0 Å². The molecule has 0 spiro atoms. The normalized spacial score (nSPS) is 19.4. The highest BCUT2D eigenvalue weighted by Crippen LogP contribution is 2.45. The summed E-state index contributed by atoms with van der Waals surface area (Å²) < 4.78 is 0. The van der Waals surface area contributed by atoms with Crippen LogP contribution in [-0.2, 0) is 0 Å². The van der Waals surface area contributed by atoms with Crippen molar-refractivity contribution in [2.24, 2.45) is 17.6 Å². The molecule has 2 aliphatic carbocycles. The molecule has 0 radical (unpaired) electrons. The third kappa shape index (κ3) is 2.39. The van der Waals surface area contributed by atoms with Gasteiger partial charge in [0.2, 0.25) is 0 Å². The number of nitrogens with two attached hydrogens (primary N) is 1. The molecule has 3 rings (SSSR count). The highest BCUT2D eigenvalue weighted by molar-refractivity contribution is 7.80. The molecule has 2 saturated carbocycles. The third-order valence-electron chi connectivity index (χ3n) is 3.49. The van der Waals surface area contributed by atoms with E-state index in [9.17, 15) is 0 Å². The molecule has 17 heavy (non-hydrogen) atoms. The standard InChI is InChI=1S/C12H16N4S/c13-11(17)10-12(15-6-5-14-10)16-9(7-1-2-7)8-3-4-8/h5-9H,1-4H2,(H2,13,17)(H,15,16). The second kappa shape index (κ2) is 4.22. The summed E-state index contributed by atoms with van der Waals surface area (Å²) in [4.78, 5) is 8.83. The molecule has 90 valence electrons. The van der Waals surface area contributed by atoms with Gasteiger partial charge in [0.1, 0.15) is 10.7 Å². The monoisotopic (exact) mass is 248 g/mol. The van der Waals surface area contributed by atoms with E-state index in [0.717, 1.165) is 17.7 Å². The van der Waals surface area contributed by atoms with Crippen LogP contribution in [0.1, 0.15) is 31.4 Å². The predicted molar refractivity (Wildman–Crippen MR) is 70.8 cm³/mol. The van der Waals surface area contributed by atoms with Gasteiger partial charge in [-0.2, -0.15) is 0 Å². The molecule has 1 heterocycles. The van der Waals surface area contributed by atoms with E-state index in [1.54, 1.807) is 12.4 Å². The molecule has 3 N–H and O–H groups in total. The Morgan fingerprint density at radius 3 is 2.35 bits per heavy atom. The van der Waals surface area contributed by atoms with Crippen LogP contribution in [0.5, 0.6) is 0 Å². The number of nitrogens with zero attached hydrogens (tertiary/aromatic N) is 2. The van der Waals surface area contributed by atoms with E-state index in [0.29, 0.717) is 16.7 Å². The van der Waals surface area contributed by atoms with Gasteiger partial charge in [0.05, 0.1) is 0 Å². The zero-order chi connectivity index (χ0) is 11.8. The molecule has 0 bridgehead atoms. The molecule has 0 saturated heterocycles. The van der Waals surface area contributed by atoms with E-state index < -0.39 is 0 Å². The number of anilines is 1. The van der Waals surface area contributed by atoms with Gasteiger partial charge in [-0.25, -0.2) is 9.97 Å². The van der Waals surface area contributed by atoms with Gasteiger partial charge in [0.15, 0.2) is 5.82 Å². The molecule has 4 nitrogen and oxygen atoms in total. The highest BCUT2D eigenvalue weighted by atomic mass is 32.1. The first kappa shape index (κ1) is 10.9. The van der Waals surface area contributed by atoms with Crippen molar-refractivity contribution in [2.75, 3.05) is 5.32 Å². The van der Waals surface area contributed by atoms with Gasteiger partial charge in [0, 0.05) is 18.4 Å². The van der Waals surface area contributed by atoms with Crippen molar-refractivity contribution in [3.63, 3.8) is 0 Å². The van der Waals surface area contributed by atoms with Gasteiger partial charge in [-0.3, -0.25) is 0 Å². The lowest BCUT2D eigenvalue weighted by Gasteiger charge is -2.19. The fourth-order valence-corrected chi connectivity index (χ4v) is 2.46. The Morgan fingerprint density at radius 1 is 1.24 bits per heavy atom. The number of thiocarbonyl (C=S) groups is 1. The lowest BCUT2D eigenvalue weighted by atomic mass is 10.1. The van der Waals surface area contributed by atoms with Crippen molar-refractivity contribution in [1.29, 1.82) is 0 Å². The first-order chi connectivity index (χ1) is 8.25. The minimum Gasteiger partial charge on any atom is -0.388 e. The number of hydrogen-bond acceptors (Lipinski definition) is 4. The Balaban J connectivity index is 1.80. The summed E-state index contributed by atoms with van der Waals surface area (Å²) in [5, 5.41) is 3.51. The van der Waals surface area contributed by atoms with Crippen LogP contribution in [0.25, 0.3) is 0 Å². The number of hydrogen-bond donors (Lipinski definition) is 2. The zero-order valence-corrected chi connectivity index (χ0v) is 10.4. The Labute approximate surface area is 106 Å². The Morgan fingerprint density at radius 2 is 1.82 bits per heavy atom. The van der Waals surface area contributed by atoms with Gasteiger partial charge in [-0.05, 0) is 37.5 Å². The van der Waals surface area contributed by atoms with Crippen LogP contribution in [0.3, 0.4) is 0 Å². The minimum atomic E-state index is 0.311. The van der Waals surface area contributed by atoms with Crippen molar-refractivity contribution in [1.82, 2.24) is 9.97 Å². The highest BCUT2D eigenvalue weighted by Gasteiger charge is 2.41. The van der Waals surface area contributed by atoms with Crippen LogP contribution in [-0.4, -0.2) is 21.0 Å². The molecule has 5 heteroatoms. The molecule has 1 aromatic heterocycles. The lowest BCUT2D eigenvalue weighted by molar-refractivity contribution is 0.565. The van der Waals surface area contributed by atoms with E-state index in [-0.39, 0.29) is 0 Å². The summed E-state index contributed by atoms with van der Waals surface area (Å²) in [6, 6.07) is 0.541.